The van der Waals surface area contributed by atoms with Crippen molar-refractivity contribution >= 4 is 46.1 Å². The van der Waals surface area contributed by atoms with Crippen molar-refractivity contribution in [1.29, 1.82) is 0 Å². The Bertz CT molecular complexity index is 504. The lowest BCUT2D eigenvalue weighted by atomic mass is 10.3. The summed E-state index contributed by atoms with van der Waals surface area (Å²) in [6.07, 6.45) is 0. The van der Waals surface area contributed by atoms with Crippen molar-refractivity contribution in [1.82, 2.24) is 9.80 Å². The zero-order valence-corrected chi connectivity index (χ0v) is 16.6. The zero-order chi connectivity index (χ0) is 19.7. The van der Waals surface area contributed by atoms with Crippen LogP contribution in [0.3, 0.4) is 0 Å². The molecule has 0 aromatic heterocycles. The van der Waals surface area contributed by atoms with Gasteiger partial charge in [-0.3, -0.25) is 24.2 Å². The summed E-state index contributed by atoms with van der Waals surface area (Å²) >= 11 is 6.62. The molecule has 11 heteroatoms. The molecule has 2 unspecified atom stereocenters. The van der Waals surface area contributed by atoms with E-state index in [2.05, 4.69) is 0 Å². The van der Waals surface area contributed by atoms with Crippen LogP contribution >= 0.6 is 24.0 Å². The van der Waals surface area contributed by atoms with E-state index in [1.54, 1.807) is 9.80 Å². The Balaban J connectivity index is 2.53. The van der Waals surface area contributed by atoms with Crippen LogP contribution in [0.4, 0.5) is 0 Å². The van der Waals surface area contributed by atoms with Gasteiger partial charge < -0.3 is 20.9 Å². The van der Waals surface area contributed by atoms with Gasteiger partial charge in [0, 0.05) is 25.4 Å². The van der Waals surface area contributed by atoms with Crippen LogP contribution < -0.4 is 11.5 Å². The van der Waals surface area contributed by atoms with Gasteiger partial charge in [-0.15, -0.1) is 0 Å². The van der Waals surface area contributed by atoms with E-state index in [4.69, 9.17) is 33.2 Å². The molecule has 1 rings (SSSR count). The van der Waals surface area contributed by atoms with Crippen LogP contribution in [0.25, 0.3) is 0 Å². The third kappa shape index (κ3) is 7.96. The number of esters is 2. The third-order valence-corrected chi connectivity index (χ3v) is 4.90. The quantitative estimate of drug-likeness (QED) is 0.342. The highest BCUT2D eigenvalue weighted by Gasteiger charge is 2.25. The molecule has 1 saturated heterocycles. The number of carbonyl (C=O) groups excluding carboxylic acids is 3. The maximum absolute atomic E-state index is 12.4. The monoisotopic (exact) mass is 406 g/mol. The van der Waals surface area contributed by atoms with Crippen molar-refractivity contribution in [2.75, 3.05) is 45.1 Å². The molecule has 26 heavy (non-hydrogen) atoms. The van der Waals surface area contributed by atoms with E-state index in [0.717, 1.165) is 5.75 Å². The summed E-state index contributed by atoms with van der Waals surface area (Å²) in [5.41, 5.74) is 10.9. The number of hydrogen-bond acceptors (Lipinski definition) is 10. The fourth-order valence-electron chi connectivity index (χ4n) is 1.98. The molecule has 0 aromatic carbocycles. The summed E-state index contributed by atoms with van der Waals surface area (Å²) < 4.78 is 10.6. The smallest absolute Gasteiger partial charge is 0.322 e. The Morgan fingerprint density at radius 2 is 1.65 bits per heavy atom. The van der Waals surface area contributed by atoms with Gasteiger partial charge in [-0.2, -0.15) is 0 Å². The molecule has 0 saturated carbocycles. The van der Waals surface area contributed by atoms with Crippen LogP contribution in [0.15, 0.2) is 0 Å². The van der Waals surface area contributed by atoms with Crippen LogP contribution in [-0.2, 0) is 23.9 Å². The number of ether oxygens (including phenoxy) is 2. The second-order valence-corrected chi connectivity index (χ2v) is 7.58. The van der Waals surface area contributed by atoms with Crippen molar-refractivity contribution in [3.05, 3.63) is 0 Å². The van der Waals surface area contributed by atoms with E-state index in [1.807, 2.05) is 0 Å². The minimum atomic E-state index is -0.712. The van der Waals surface area contributed by atoms with Gasteiger partial charge in [-0.05, 0) is 13.8 Å². The maximum atomic E-state index is 12.4. The third-order valence-electron chi connectivity index (χ3n) is 3.47. The maximum Gasteiger partial charge on any atom is 0.322 e. The first-order chi connectivity index (χ1) is 12.2. The van der Waals surface area contributed by atoms with Gasteiger partial charge in [0.05, 0.1) is 6.54 Å². The lowest BCUT2D eigenvalue weighted by molar-refractivity contribution is -0.145. The molecule has 1 amide bonds. The molecule has 1 aliphatic heterocycles. The molecule has 0 radical (unpaired) electrons. The first kappa shape index (κ1) is 22.8. The Hall–Kier alpha value is -1.27. The Morgan fingerprint density at radius 3 is 2.04 bits per heavy atom. The van der Waals surface area contributed by atoms with Crippen molar-refractivity contribution < 1.29 is 23.9 Å². The molecular formula is C15H26N4O5S2. The molecule has 0 aliphatic carbocycles. The van der Waals surface area contributed by atoms with Gasteiger partial charge in [-0.25, -0.2) is 0 Å². The van der Waals surface area contributed by atoms with E-state index in [9.17, 15) is 14.4 Å². The minimum Gasteiger partial charge on any atom is -0.463 e. The average Bonchev–Trinajstić information content (AvgIpc) is 3.00. The van der Waals surface area contributed by atoms with Crippen molar-refractivity contribution in [2.45, 2.75) is 25.9 Å². The molecular weight excluding hydrogens is 380 g/mol. The predicted molar refractivity (Wildman–Crippen MR) is 102 cm³/mol. The molecule has 1 heterocycles. The fourth-order valence-corrected chi connectivity index (χ4v) is 3.22. The summed E-state index contributed by atoms with van der Waals surface area (Å²) in [5.74, 6) is -0.395. The van der Waals surface area contributed by atoms with E-state index in [0.29, 0.717) is 24.0 Å². The van der Waals surface area contributed by atoms with E-state index in [-0.39, 0.29) is 25.7 Å². The number of hydrogen-bond donors (Lipinski definition) is 2. The highest BCUT2D eigenvalue weighted by atomic mass is 32.2. The lowest BCUT2D eigenvalue weighted by Gasteiger charge is -2.24. The second-order valence-electron chi connectivity index (χ2n) is 5.85. The minimum absolute atomic E-state index is 0.0756. The van der Waals surface area contributed by atoms with Crippen molar-refractivity contribution in [2.24, 2.45) is 11.5 Å². The van der Waals surface area contributed by atoms with Crippen LogP contribution in [0.5, 0.6) is 0 Å². The van der Waals surface area contributed by atoms with Crippen LogP contribution in [0.2, 0.25) is 0 Å². The summed E-state index contributed by atoms with van der Waals surface area (Å²) in [4.78, 5) is 38.6. The standard InChI is InChI=1S/C15H26N4O5S2/c1-10(16)13(21)23-6-3-18(4-7-24-14(22)11(2)17)9-12(20)19-5-8-26-15(19)25/h10-11H,3-9,16-17H2,1-2H3. The second kappa shape index (κ2) is 11.4. The number of thiocarbonyl (C=S) groups is 1. The van der Waals surface area contributed by atoms with Crippen molar-refractivity contribution in [3.63, 3.8) is 0 Å². The zero-order valence-electron chi connectivity index (χ0n) is 15.0. The van der Waals surface area contributed by atoms with E-state index >= 15 is 0 Å². The fraction of sp³-hybridized carbons (Fsp3) is 0.733. The molecule has 148 valence electrons. The summed E-state index contributed by atoms with van der Waals surface area (Å²) in [5, 5.41) is 0. The number of nitrogens with two attached hydrogens (primary N) is 2. The molecule has 0 aromatic rings. The Morgan fingerprint density at radius 1 is 1.15 bits per heavy atom. The molecule has 2 atom stereocenters. The number of carbonyl (C=O) groups is 3. The van der Waals surface area contributed by atoms with E-state index < -0.39 is 24.0 Å². The predicted octanol–water partition coefficient (Wildman–Crippen LogP) is -1.07. The van der Waals surface area contributed by atoms with Gasteiger partial charge in [0.25, 0.3) is 0 Å². The molecule has 0 spiro atoms. The largest absolute Gasteiger partial charge is 0.463 e. The Kier molecular flexibility index (Phi) is 10.0. The first-order valence-corrected chi connectivity index (χ1v) is 9.65. The summed E-state index contributed by atoms with van der Waals surface area (Å²) in [7, 11) is 0. The first-order valence-electron chi connectivity index (χ1n) is 8.26. The molecule has 1 fully saturated rings. The topological polar surface area (TPSA) is 128 Å². The highest BCUT2D eigenvalue weighted by Crippen LogP contribution is 2.18. The normalized spacial score (nSPS) is 16.5. The van der Waals surface area contributed by atoms with Gasteiger partial charge >= 0.3 is 11.9 Å². The van der Waals surface area contributed by atoms with E-state index in [1.165, 1.54) is 25.6 Å². The van der Waals surface area contributed by atoms with Crippen LogP contribution in [0.1, 0.15) is 13.8 Å². The van der Waals surface area contributed by atoms with Crippen LogP contribution in [-0.4, -0.2) is 89.2 Å². The Labute approximate surface area is 162 Å². The highest BCUT2D eigenvalue weighted by molar-refractivity contribution is 8.23. The van der Waals surface area contributed by atoms with Gasteiger partial charge in [-0.1, -0.05) is 24.0 Å². The summed E-state index contributed by atoms with van der Waals surface area (Å²) in [6, 6.07) is -1.42. The van der Waals surface area contributed by atoms with Gasteiger partial charge in [0.15, 0.2) is 0 Å². The lowest BCUT2D eigenvalue weighted by Crippen LogP contribution is -2.43. The molecule has 1 aliphatic rings. The number of rotatable bonds is 10. The molecule has 4 N–H and O–H groups in total. The average molecular weight is 407 g/mol. The number of thioether (sulfide) groups is 1. The van der Waals surface area contributed by atoms with Gasteiger partial charge in [0.1, 0.15) is 29.6 Å². The van der Waals surface area contributed by atoms with Crippen LogP contribution in [0, 0.1) is 0 Å². The molecule has 0 bridgehead atoms. The molecule has 9 nitrogen and oxygen atoms in total. The van der Waals surface area contributed by atoms with Gasteiger partial charge in [0.2, 0.25) is 5.91 Å². The summed E-state index contributed by atoms with van der Waals surface area (Å²) in [6.45, 7) is 4.47. The SMILES string of the molecule is CC(N)C(=O)OCCN(CCOC(=O)C(C)N)CC(=O)N1CCSC1=S. The number of amides is 1. The number of nitrogens with zero attached hydrogens (tertiary/aromatic N) is 2. The van der Waals surface area contributed by atoms with Crippen molar-refractivity contribution in [3.8, 4) is 0 Å².